The van der Waals surface area contributed by atoms with Crippen molar-refractivity contribution in [1.82, 2.24) is 9.78 Å². The highest BCUT2D eigenvalue weighted by Gasteiger charge is 2.24. The van der Waals surface area contributed by atoms with E-state index in [-0.39, 0.29) is 29.8 Å². The Morgan fingerprint density at radius 2 is 1.62 bits per heavy atom. The van der Waals surface area contributed by atoms with Gasteiger partial charge in [0, 0.05) is 34.7 Å². The van der Waals surface area contributed by atoms with Crippen molar-refractivity contribution in [2.45, 2.75) is 38.1 Å². The van der Waals surface area contributed by atoms with E-state index in [1.54, 1.807) is 16.8 Å². The molecule has 0 saturated carbocycles. The first-order chi connectivity index (χ1) is 17.5. The van der Waals surface area contributed by atoms with Gasteiger partial charge in [0.2, 0.25) is 0 Å². The molecule has 37 heavy (non-hydrogen) atoms. The van der Waals surface area contributed by atoms with Crippen molar-refractivity contribution in [1.29, 1.82) is 0 Å². The van der Waals surface area contributed by atoms with Crippen molar-refractivity contribution in [3.05, 3.63) is 110 Å². The van der Waals surface area contributed by atoms with Gasteiger partial charge in [0.1, 0.15) is 5.82 Å². The summed E-state index contributed by atoms with van der Waals surface area (Å²) in [5.74, 6) is -0.260. The van der Waals surface area contributed by atoms with Gasteiger partial charge in [0.25, 0.3) is 5.56 Å². The Balaban J connectivity index is 0.00000320. The number of benzene rings is 3. The van der Waals surface area contributed by atoms with Gasteiger partial charge in [-0.1, -0.05) is 59.6 Å². The van der Waals surface area contributed by atoms with Crippen LogP contribution in [0.3, 0.4) is 0 Å². The van der Waals surface area contributed by atoms with Gasteiger partial charge >= 0.3 is 0 Å². The first-order valence-electron chi connectivity index (χ1n) is 12.5. The third-order valence-corrected chi connectivity index (χ3v) is 7.93. The van der Waals surface area contributed by atoms with Crippen LogP contribution in [0, 0.1) is 5.82 Å². The first-order valence-corrected chi connectivity index (χ1v) is 13.3. The molecule has 0 aliphatic carbocycles. The predicted molar refractivity (Wildman–Crippen MR) is 144 cm³/mol. The SMILES string of the molecule is O=c1c2ccccc2c(Cc2ccc(F)cc2)nn1C1CCC[NH+](CCc2c(Cl)cccc2Cl)CC1.[Cl-]. The number of nitrogens with zero attached hydrogens (tertiary/aromatic N) is 2. The molecule has 2 unspecified atom stereocenters. The van der Waals surface area contributed by atoms with Crippen LogP contribution < -0.4 is 22.9 Å². The number of quaternary nitrogens is 1. The topological polar surface area (TPSA) is 39.3 Å². The Labute approximate surface area is 232 Å². The monoisotopic (exact) mass is 559 g/mol. The number of fused-ring (bicyclic) bond motifs is 1. The van der Waals surface area contributed by atoms with Crippen LogP contribution in [0.4, 0.5) is 4.39 Å². The molecule has 4 nitrogen and oxygen atoms in total. The normalized spacial score (nSPS) is 17.8. The maximum absolute atomic E-state index is 13.5. The quantitative estimate of drug-likeness (QED) is 0.393. The molecule has 8 heteroatoms. The van der Waals surface area contributed by atoms with E-state index in [0.717, 1.165) is 77.6 Å². The lowest BCUT2D eigenvalue weighted by Gasteiger charge is -2.20. The minimum atomic E-state index is -0.260. The van der Waals surface area contributed by atoms with Crippen LogP contribution in [0.5, 0.6) is 0 Å². The molecular weight excluding hydrogens is 532 g/mol. The van der Waals surface area contributed by atoms with Crippen molar-refractivity contribution in [3.63, 3.8) is 0 Å². The molecule has 2 heterocycles. The van der Waals surface area contributed by atoms with Gasteiger partial charge in [-0.15, -0.1) is 0 Å². The van der Waals surface area contributed by atoms with Gasteiger partial charge in [-0.05, 0) is 54.3 Å². The molecule has 194 valence electrons. The molecule has 0 bridgehead atoms. The fourth-order valence-corrected chi connectivity index (χ4v) is 5.83. The zero-order chi connectivity index (χ0) is 25.1. The van der Waals surface area contributed by atoms with Crippen LogP contribution in [0.1, 0.15) is 42.1 Å². The predicted octanol–water partition coefficient (Wildman–Crippen LogP) is 2.29. The fourth-order valence-electron chi connectivity index (χ4n) is 5.24. The van der Waals surface area contributed by atoms with Crippen LogP contribution in [-0.4, -0.2) is 29.4 Å². The van der Waals surface area contributed by atoms with Gasteiger partial charge < -0.3 is 17.3 Å². The van der Waals surface area contributed by atoms with Gasteiger partial charge in [-0.2, -0.15) is 5.10 Å². The first kappa shape index (κ1) is 27.6. The van der Waals surface area contributed by atoms with Crippen molar-refractivity contribution in [2.24, 2.45) is 0 Å². The molecule has 2 atom stereocenters. The summed E-state index contributed by atoms with van der Waals surface area (Å²) in [6.45, 7) is 2.95. The summed E-state index contributed by atoms with van der Waals surface area (Å²) < 4.78 is 15.1. The van der Waals surface area contributed by atoms with Crippen molar-refractivity contribution >= 4 is 34.0 Å². The van der Waals surface area contributed by atoms with Gasteiger partial charge in [-0.25, -0.2) is 9.07 Å². The molecule has 1 aromatic heterocycles. The maximum Gasteiger partial charge on any atom is 0.274 e. The van der Waals surface area contributed by atoms with Gasteiger partial charge in [0.15, 0.2) is 0 Å². The average Bonchev–Trinajstić information content (AvgIpc) is 3.12. The fraction of sp³-hybridized carbons (Fsp3) is 0.310. The summed E-state index contributed by atoms with van der Waals surface area (Å²) in [5, 5.41) is 7.88. The van der Waals surface area contributed by atoms with E-state index < -0.39 is 0 Å². The van der Waals surface area contributed by atoms with Crippen molar-refractivity contribution in [3.8, 4) is 0 Å². The number of rotatable bonds is 6. The largest absolute Gasteiger partial charge is 1.00 e. The number of halogens is 4. The second-order valence-electron chi connectivity index (χ2n) is 9.58. The number of hydrogen-bond acceptors (Lipinski definition) is 2. The van der Waals surface area contributed by atoms with E-state index in [0.29, 0.717) is 11.8 Å². The van der Waals surface area contributed by atoms with Crippen LogP contribution in [0.25, 0.3) is 10.8 Å². The zero-order valence-electron chi connectivity index (χ0n) is 20.4. The molecule has 1 saturated heterocycles. The van der Waals surface area contributed by atoms with E-state index >= 15 is 0 Å². The Morgan fingerprint density at radius 3 is 2.35 bits per heavy atom. The number of nitrogens with one attached hydrogen (secondary N) is 1. The van der Waals surface area contributed by atoms with Crippen LogP contribution in [0.15, 0.2) is 71.5 Å². The van der Waals surface area contributed by atoms with E-state index in [1.165, 1.54) is 17.0 Å². The van der Waals surface area contributed by atoms with E-state index in [4.69, 9.17) is 28.3 Å². The molecule has 0 amide bonds. The van der Waals surface area contributed by atoms with E-state index in [1.807, 2.05) is 42.5 Å². The minimum Gasteiger partial charge on any atom is -1.00 e. The molecule has 0 radical (unpaired) electrons. The Bertz CT molecular complexity index is 1400. The van der Waals surface area contributed by atoms with E-state index in [9.17, 15) is 9.18 Å². The van der Waals surface area contributed by atoms with Gasteiger partial charge in [0.05, 0.1) is 36.8 Å². The molecule has 5 rings (SSSR count). The lowest BCUT2D eigenvalue weighted by Crippen LogP contribution is -3.12. The minimum absolute atomic E-state index is 0. The highest BCUT2D eigenvalue weighted by Crippen LogP contribution is 2.25. The molecule has 4 aromatic rings. The molecule has 1 fully saturated rings. The van der Waals surface area contributed by atoms with Crippen LogP contribution in [0.2, 0.25) is 10.0 Å². The summed E-state index contributed by atoms with van der Waals surface area (Å²) in [7, 11) is 0. The van der Waals surface area contributed by atoms with Gasteiger partial charge in [-0.3, -0.25) is 4.79 Å². The van der Waals surface area contributed by atoms with Crippen LogP contribution >= 0.6 is 23.2 Å². The lowest BCUT2D eigenvalue weighted by atomic mass is 10.0. The molecular formula is C29H29Cl3FN3O. The molecule has 1 N–H and O–H groups in total. The van der Waals surface area contributed by atoms with Crippen molar-refractivity contribution in [2.75, 3.05) is 19.6 Å². The second kappa shape index (κ2) is 12.4. The Kier molecular flexibility index (Phi) is 9.25. The third kappa shape index (κ3) is 6.35. The Hall–Kier alpha value is -2.44. The summed E-state index contributed by atoms with van der Waals surface area (Å²) >= 11 is 12.7. The molecule has 0 spiro atoms. The lowest BCUT2D eigenvalue weighted by molar-refractivity contribution is -0.899. The third-order valence-electron chi connectivity index (χ3n) is 7.22. The summed E-state index contributed by atoms with van der Waals surface area (Å²) in [4.78, 5) is 15.0. The summed E-state index contributed by atoms with van der Waals surface area (Å²) in [5.41, 5.74) is 2.78. The smallest absolute Gasteiger partial charge is 0.274 e. The molecule has 1 aliphatic heterocycles. The highest BCUT2D eigenvalue weighted by atomic mass is 35.5. The second-order valence-corrected chi connectivity index (χ2v) is 10.4. The maximum atomic E-state index is 13.5. The number of hydrogen-bond donors (Lipinski definition) is 1. The number of likely N-dealkylation sites (tertiary alicyclic amines) is 1. The average molecular weight is 561 g/mol. The summed E-state index contributed by atoms with van der Waals surface area (Å²) in [6.07, 6.45) is 4.19. The summed E-state index contributed by atoms with van der Waals surface area (Å²) in [6, 6.07) is 19.8. The standard InChI is InChI=1S/C29H28Cl2FN3O.ClH/c30-26-8-3-9-27(31)25(26)15-18-34-16-4-5-22(14-17-34)35-29(36)24-7-2-1-6-23(24)28(33-35)19-20-10-12-21(32)13-11-20;/h1-3,6-13,22H,4-5,14-19H2;1H. The zero-order valence-corrected chi connectivity index (χ0v) is 22.7. The van der Waals surface area contributed by atoms with E-state index in [2.05, 4.69) is 0 Å². The van der Waals surface area contributed by atoms with Crippen LogP contribution in [-0.2, 0) is 12.8 Å². The molecule has 3 aromatic carbocycles. The van der Waals surface area contributed by atoms with Crippen molar-refractivity contribution < 1.29 is 21.7 Å². The molecule has 1 aliphatic rings. The highest BCUT2D eigenvalue weighted by molar-refractivity contribution is 6.35. The number of aromatic nitrogens is 2. The Morgan fingerprint density at radius 1 is 0.919 bits per heavy atom.